The topological polar surface area (TPSA) is 30.7 Å². The minimum Gasteiger partial charge on any atom is -0.309 e. The highest BCUT2D eigenvalue weighted by atomic mass is 32.1. The fourth-order valence-corrected chi connectivity index (χ4v) is 10.1. The van der Waals surface area contributed by atoms with Crippen LogP contribution in [0.1, 0.15) is 0 Å². The molecule has 0 fully saturated rings. The van der Waals surface area contributed by atoms with Gasteiger partial charge in [0, 0.05) is 43.1 Å². The molecular weight excluding hydrogens is 699 g/mol. The molecule has 56 heavy (non-hydrogen) atoms. The maximum Gasteiger partial charge on any atom is 0.160 e. The van der Waals surface area contributed by atoms with Crippen molar-refractivity contribution in [3.05, 3.63) is 188 Å². The zero-order chi connectivity index (χ0) is 36.7. The van der Waals surface area contributed by atoms with Gasteiger partial charge in [-0.3, -0.25) is 0 Å². The normalized spacial score (nSPS) is 11.9. The Balaban J connectivity index is 1.05. The first kappa shape index (κ1) is 31.2. The molecule has 0 atom stereocenters. The zero-order valence-electron chi connectivity index (χ0n) is 30.1. The van der Waals surface area contributed by atoms with Crippen molar-refractivity contribution >= 4 is 85.8 Å². The van der Waals surface area contributed by atoms with E-state index in [1.54, 1.807) is 11.3 Å². The third-order valence-corrected chi connectivity index (χ3v) is 12.5. The molecule has 9 aromatic carbocycles. The lowest BCUT2D eigenvalue weighted by atomic mass is 9.92. The summed E-state index contributed by atoms with van der Waals surface area (Å²) in [6.07, 6.45) is 0. The van der Waals surface area contributed by atoms with Crippen LogP contribution < -0.4 is 0 Å². The fraction of sp³-hybridized carbons (Fsp3) is 0. The van der Waals surface area contributed by atoms with Gasteiger partial charge in [-0.25, -0.2) is 9.97 Å². The van der Waals surface area contributed by atoms with Gasteiger partial charge in [-0.2, -0.15) is 0 Å². The molecule has 0 N–H and O–H groups in total. The molecule has 0 aliphatic heterocycles. The average molecular weight is 730 g/mol. The van der Waals surface area contributed by atoms with Crippen LogP contribution in [0.2, 0.25) is 0 Å². The van der Waals surface area contributed by atoms with Gasteiger partial charge in [0.2, 0.25) is 0 Å². The summed E-state index contributed by atoms with van der Waals surface area (Å²) in [6.45, 7) is 0. The SMILES string of the molecule is c1ccc(-c2nc(-c3cccc(-c4cccc(-n5c6ccccc6c6c7c8ccccc8c8ccccc8c7ccc65)c4)c3)nc3c2sc2ccccc23)cc1. The van der Waals surface area contributed by atoms with Crippen molar-refractivity contribution in [3.63, 3.8) is 0 Å². The smallest absolute Gasteiger partial charge is 0.160 e. The van der Waals surface area contributed by atoms with Crippen molar-refractivity contribution in [2.45, 2.75) is 0 Å². The average Bonchev–Trinajstić information content (AvgIpc) is 3.82. The Kier molecular flexibility index (Phi) is 6.80. The van der Waals surface area contributed by atoms with E-state index >= 15 is 0 Å². The number of rotatable bonds is 4. The maximum absolute atomic E-state index is 5.26. The van der Waals surface area contributed by atoms with Crippen molar-refractivity contribution < 1.29 is 0 Å². The van der Waals surface area contributed by atoms with E-state index in [1.807, 2.05) is 0 Å². The van der Waals surface area contributed by atoms with E-state index < -0.39 is 0 Å². The summed E-state index contributed by atoms with van der Waals surface area (Å²) < 4.78 is 4.77. The molecule has 12 rings (SSSR count). The lowest BCUT2D eigenvalue weighted by molar-refractivity contribution is 1.18. The number of nitrogens with zero attached hydrogens (tertiary/aromatic N) is 3. The molecule has 0 saturated heterocycles. The van der Waals surface area contributed by atoms with Gasteiger partial charge in [-0.1, -0.05) is 152 Å². The first-order chi connectivity index (χ1) is 27.8. The molecule has 3 nitrogen and oxygen atoms in total. The minimum absolute atomic E-state index is 0.729. The van der Waals surface area contributed by atoms with Gasteiger partial charge in [0.25, 0.3) is 0 Å². The fourth-order valence-electron chi connectivity index (χ4n) is 8.91. The van der Waals surface area contributed by atoms with Crippen molar-refractivity contribution in [2.75, 3.05) is 0 Å². The Morgan fingerprint density at radius 3 is 1.77 bits per heavy atom. The molecule has 260 valence electrons. The van der Waals surface area contributed by atoms with Gasteiger partial charge in [-0.05, 0) is 74.5 Å². The maximum atomic E-state index is 5.26. The molecule has 0 aliphatic carbocycles. The van der Waals surface area contributed by atoms with Gasteiger partial charge < -0.3 is 4.57 Å². The van der Waals surface area contributed by atoms with E-state index in [2.05, 4.69) is 193 Å². The lowest BCUT2D eigenvalue weighted by Gasteiger charge is -2.13. The second-order valence-electron chi connectivity index (χ2n) is 14.5. The van der Waals surface area contributed by atoms with Crippen molar-refractivity contribution in [1.29, 1.82) is 0 Å². The van der Waals surface area contributed by atoms with Crippen LogP contribution in [0.3, 0.4) is 0 Å². The van der Waals surface area contributed by atoms with Crippen LogP contribution in [0.4, 0.5) is 0 Å². The summed E-state index contributed by atoms with van der Waals surface area (Å²) in [4.78, 5) is 10.5. The largest absolute Gasteiger partial charge is 0.309 e. The summed E-state index contributed by atoms with van der Waals surface area (Å²) >= 11 is 1.76. The molecule has 0 bridgehead atoms. The van der Waals surface area contributed by atoms with Gasteiger partial charge in [-0.15, -0.1) is 11.3 Å². The van der Waals surface area contributed by atoms with Gasteiger partial charge in [0.05, 0.1) is 26.9 Å². The molecule has 0 unspecified atom stereocenters. The van der Waals surface area contributed by atoms with Crippen LogP contribution in [-0.4, -0.2) is 14.5 Å². The van der Waals surface area contributed by atoms with Crippen LogP contribution in [0.5, 0.6) is 0 Å². The molecule has 3 heterocycles. The molecule has 12 aromatic rings. The van der Waals surface area contributed by atoms with E-state index in [-0.39, 0.29) is 0 Å². The highest BCUT2D eigenvalue weighted by Gasteiger charge is 2.20. The number of benzene rings is 9. The van der Waals surface area contributed by atoms with Gasteiger partial charge >= 0.3 is 0 Å². The summed E-state index contributed by atoms with van der Waals surface area (Å²) in [5.41, 5.74) is 9.82. The molecule has 4 heteroatoms. The van der Waals surface area contributed by atoms with Crippen molar-refractivity contribution in [3.8, 4) is 39.5 Å². The molecule has 0 aliphatic rings. The van der Waals surface area contributed by atoms with Crippen LogP contribution in [0, 0.1) is 0 Å². The number of hydrogen-bond acceptors (Lipinski definition) is 3. The summed E-state index contributed by atoms with van der Waals surface area (Å²) in [5.74, 6) is 0.729. The Bertz CT molecular complexity index is 3510. The molecular formula is C52H31N3S. The van der Waals surface area contributed by atoms with E-state index in [0.29, 0.717) is 0 Å². The molecule has 0 amide bonds. The van der Waals surface area contributed by atoms with Crippen LogP contribution >= 0.6 is 11.3 Å². The van der Waals surface area contributed by atoms with Crippen LogP contribution in [0.15, 0.2) is 188 Å². The van der Waals surface area contributed by atoms with Crippen LogP contribution in [0.25, 0.3) is 114 Å². The van der Waals surface area contributed by atoms with Gasteiger partial charge in [0.1, 0.15) is 0 Å². The number of fused-ring (bicyclic) bond motifs is 13. The summed E-state index contributed by atoms with van der Waals surface area (Å²) in [6, 6.07) is 67.8. The number of thiophene rings is 1. The second kappa shape index (κ2) is 12.2. The zero-order valence-corrected chi connectivity index (χ0v) is 31.0. The van der Waals surface area contributed by atoms with E-state index in [1.165, 1.54) is 58.8 Å². The number of aromatic nitrogens is 3. The summed E-state index contributed by atoms with van der Waals surface area (Å²) in [7, 11) is 0. The van der Waals surface area contributed by atoms with Crippen LogP contribution in [-0.2, 0) is 0 Å². The van der Waals surface area contributed by atoms with E-state index in [0.717, 1.165) is 55.1 Å². The molecule has 0 spiro atoms. The number of para-hydroxylation sites is 1. The molecule has 0 saturated carbocycles. The standard InChI is InChI=1S/C52H31N3S/c1-2-14-32(15-3-1)49-51-50(43-25-9-11-27-46(43)56-51)54-52(53-49)35-18-12-16-33(30-35)34-17-13-19-36(31-34)55-44-26-10-8-24-42(44)48-45(55)29-28-41-39-22-5-4-20-37(39)38-21-6-7-23-40(38)47(41)48/h1-31H. The Morgan fingerprint density at radius 1 is 0.375 bits per heavy atom. The van der Waals surface area contributed by atoms with E-state index in [4.69, 9.17) is 9.97 Å². The number of hydrogen-bond donors (Lipinski definition) is 0. The Morgan fingerprint density at radius 2 is 0.964 bits per heavy atom. The van der Waals surface area contributed by atoms with Crippen molar-refractivity contribution in [1.82, 2.24) is 14.5 Å². The van der Waals surface area contributed by atoms with E-state index in [9.17, 15) is 0 Å². The predicted octanol–water partition coefficient (Wildman–Crippen LogP) is 14.4. The highest BCUT2D eigenvalue weighted by molar-refractivity contribution is 7.26. The minimum atomic E-state index is 0.729. The quantitative estimate of drug-likeness (QED) is 0.169. The first-order valence-electron chi connectivity index (χ1n) is 19.0. The monoisotopic (exact) mass is 729 g/mol. The highest BCUT2D eigenvalue weighted by Crippen LogP contribution is 2.44. The van der Waals surface area contributed by atoms with Gasteiger partial charge in [0.15, 0.2) is 5.82 Å². The molecule has 3 aromatic heterocycles. The third kappa shape index (κ3) is 4.63. The molecule has 0 radical (unpaired) electrons. The predicted molar refractivity (Wildman–Crippen MR) is 238 cm³/mol. The second-order valence-corrected chi connectivity index (χ2v) is 15.5. The third-order valence-electron chi connectivity index (χ3n) is 11.4. The lowest BCUT2D eigenvalue weighted by Crippen LogP contribution is -1.95. The Labute approximate surface area is 326 Å². The Hall–Kier alpha value is -7.14. The van der Waals surface area contributed by atoms with Crippen molar-refractivity contribution in [2.24, 2.45) is 0 Å². The summed E-state index contributed by atoms with van der Waals surface area (Å²) in [5, 5.41) is 11.4. The first-order valence-corrected chi connectivity index (χ1v) is 19.8.